The molecule has 1 aromatic carbocycles. The van der Waals surface area contributed by atoms with Gasteiger partial charge in [-0.1, -0.05) is 12.1 Å². The number of rotatable bonds is 4. The smallest absolute Gasteiger partial charge is 0.256 e. The average molecular weight is 386 g/mol. The van der Waals surface area contributed by atoms with E-state index in [0.717, 1.165) is 11.8 Å². The highest BCUT2D eigenvalue weighted by Crippen LogP contribution is 2.19. The minimum Gasteiger partial charge on any atom is -0.345 e. The van der Waals surface area contributed by atoms with Gasteiger partial charge in [0, 0.05) is 13.3 Å². The molecule has 2 rings (SSSR count). The number of nitrogens with zero attached hydrogens (tertiary/aromatic N) is 2. The van der Waals surface area contributed by atoms with Crippen LogP contribution in [-0.2, 0) is 16.9 Å². The summed E-state index contributed by atoms with van der Waals surface area (Å²) in [4.78, 5) is 12.5. The molecular formula is C14H16BrN3O3S. The molecule has 22 heavy (non-hydrogen) atoms. The molecule has 0 spiro atoms. The van der Waals surface area contributed by atoms with E-state index in [1.807, 2.05) is 6.92 Å². The molecule has 1 unspecified atom stereocenters. The van der Waals surface area contributed by atoms with Crippen molar-refractivity contribution in [1.29, 1.82) is 0 Å². The number of sulfone groups is 1. The fourth-order valence-corrected chi connectivity index (χ4v) is 2.94. The van der Waals surface area contributed by atoms with Crippen molar-refractivity contribution in [3.63, 3.8) is 0 Å². The van der Waals surface area contributed by atoms with Crippen LogP contribution in [0.2, 0.25) is 0 Å². The number of nitrogens with one attached hydrogen (secondary N) is 1. The van der Waals surface area contributed by atoms with Crippen molar-refractivity contribution < 1.29 is 13.2 Å². The van der Waals surface area contributed by atoms with Crippen molar-refractivity contribution in [2.24, 2.45) is 7.05 Å². The molecule has 1 N–H and O–H groups in total. The van der Waals surface area contributed by atoms with Crippen LogP contribution in [0.15, 0.2) is 40.0 Å². The molecule has 1 atom stereocenters. The zero-order valence-electron chi connectivity index (χ0n) is 12.4. The maximum absolute atomic E-state index is 12.2. The lowest BCUT2D eigenvalue weighted by Crippen LogP contribution is -2.26. The van der Waals surface area contributed by atoms with Gasteiger partial charge in [-0.3, -0.25) is 9.48 Å². The molecule has 118 valence electrons. The van der Waals surface area contributed by atoms with Crippen molar-refractivity contribution >= 4 is 31.7 Å². The molecule has 8 heteroatoms. The van der Waals surface area contributed by atoms with Crippen LogP contribution in [0.25, 0.3) is 0 Å². The van der Waals surface area contributed by atoms with Gasteiger partial charge in [0.1, 0.15) is 4.60 Å². The summed E-state index contributed by atoms with van der Waals surface area (Å²) in [6, 6.07) is 6.20. The summed E-state index contributed by atoms with van der Waals surface area (Å²) in [6.45, 7) is 1.83. The van der Waals surface area contributed by atoms with E-state index in [1.54, 1.807) is 23.9 Å². The van der Waals surface area contributed by atoms with Crippen molar-refractivity contribution in [3.05, 3.63) is 46.2 Å². The number of amides is 1. The second-order valence-corrected chi connectivity index (χ2v) is 7.78. The number of halogens is 1. The largest absolute Gasteiger partial charge is 0.345 e. The van der Waals surface area contributed by atoms with Crippen LogP contribution < -0.4 is 5.32 Å². The Hall–Kier alpha value is -1.67. The number of hydrogen-bond donors (Lipinski definition) is 1. The van der Waals surface area contributed by atoms with Gasteiger partial charge in [0.25, 0.3) is 5.91 Å². The van der Waals surface area contributed by atoms with Gasteiger partial charge in [0.05, 0.1) is 22.7 Å². The molecular weight excluding hydrogens is 370 g/mol. The number of carbonyl (C=O) groups is 1. The highest BCUT2D eigenvalue weighted by molar-refractivity contribution is 9.10. The first-order valence-electron chi connectivity index (χ1n) is 6.48. The summed E-state index contributed by atoms with van der Waals surface area (Å²) >= 11 is 3.30. The third-order valence-electron chi connectivity index (χ3n) is 3.27. The van der Waals surface area contributed by atoms with Crippen molar-refractivity contribution in [3.8, 4) is 0 Å². The Morgan fingerprint density at radius 2 is 1.91 bits per heavy atom. The summed E-state index contributed by atoms with van der Waals surface area (Å²) in [5.41, 5.74) is 1.27. The number of hydrogen-bond acceptors (Lipinski definition) is 4. The van der Waals surface area contributed by atoms with Gasteiger partial charge < -0.3 is 5.32 Å². The lowest BCUT2D eigenvalue weighted by atomic mass is 10.1. The van der Waals surface area contributed by atoms with Gasteiger partial charge in [-0.25, -0.2) is 8.42 Å². The van der Waals surface area contributed by atoms with E-state index in [2.05, 4.69) is 26.3 Å². The van der Waals surface area contributed by atoms with Crippen LogP contribution in [0.1, 0.15) is 28.9 Å². The Labute approximate surface area is 137 Å². The summed E-state index contributed by atoms with van der Waals surface area (Å²) in [5, 5.41) is 6.85. The van der Waals surface area contributed by atoms with E-state index >= 15 is 0 Å². The number of benzene rings is 1. The van der Waals surface area contributed by atoms with E-state index in [9.17, 15) is 13.2 Å². The second-order valence-electron chi connectivity index (χ2n) is 5.01. The van der Waals surface area contributed by atoms with Crippen LogP contribution in [0.4, 0.5) is 0 Å². The van der Waals surface area contributed by atoms with E-state index in [1.165, 1.54) is 18.3 Å². The van der Waals surface area contributed by atoms with Crippen molar-refractivity contribution in [2.45, 2.75) is 17.9 Å². The Morgan fingerprint density at radius 1 is 1.32 bits per heavy atom. The van der Waals surface area contributed by atoms with E-state index in [0.29, 0.717) is 10.2 Å². The zero-order valence-corrected chi connectivity index (χ0v) is 14.8. The molecule has 0 saturated carbocycles. The second kappa shape index (κ2) is 6.21. The standard InChI is InChI=1S/C14H16BrN3O3S/c1-9(10-4-6-11(7-5-10)22(3,20)21)17-14(19)12-8-16-18(2)13(12)15/h4-9H,1-3H3,(H,17,19). The SMILES string of the molecule is CC(NC(=O)c1cnn(C)c1Br)c1ccc(S(C)(=O)=O)cc1. The lowest BCUT2D eigenvalue weighted by molar-refractivity contribution is 0.0939. The molecule has 0 bridgehead atoms. The fraction of sp³-hybridized carbons (Fsp3) is 0.286. The minimum atomic E-state index is -3.22. The summed E-state index contributed by atoms with van der Waals surface area (Å²) in [6.07, 6.45) is 2.64. The van der Waals surface area contributed by atoms with E-state index in [-0.39, 0.29) is 16.8 Å². The molecule has 1 aromatic heterocycles. The predicted molar refractivity (Wildman–Crippen MR) is 86.3 cm³/mol. The van der Waals surface area contributed by atoms with E-state index < -0.39 is 9.84 Å². The Kier molecular flexibility index (Phi) is 4.72. The van der Waals surface area contributed by atoms with Gasteiger partial charge in [0.15, 0.2) is 9.84 Å². The molecule has 0 aliphatic rings. The fourth-order valence-electron chi connectivity index (χ4n) is 1.94. The maximum atomic E-state index is 12.2. The first kappa shape index (κ1) is 16.7. The molecule has 0 aliphatic heterocycles. The highest BCUT2D eigenvalue weighted by atomic mass is 79.9. The summed E-state index contributed by atoms with van der Waals surface area (Å²) < 4.78 is 25.0. The Balaban J connectivity index is 2.14. The molecule has 0 fully saturated rings. The summed E-state index contributed by atoms with van der Waals surface area (Å²) in [5.74, 6) is -0.250. The van der Waals surface area contributed by atoms with Crippen LogP contribution in [0, 0.1) is 0 Å². The normalized spacial score (nSPS) is 12.9. The zero-order chi connectivity index (χ0) is 16.5. The maximum Gasteiger partial charge on any atom is 0.256 e. The molecule has 1 amide bonds. The third-order valence-corrected chi connectivity index (χ3v) is 5.34. The molecule has 0 aliphatic carbocycles. The van der Waals surface area contributed by atoms with Crippen molar-refractivity contribution in [2.75, 3.05) is 6.26 Å². The number of aromatic nitrogens is 2. The lowest BCUT2D eigenvalue weighted by Gasteiger charge is -2.14. The van der Waals surface area contributed by atoms with Gasteiger partial charge in [-0.15, -0.1) is 0 Å². The van der Waals surface area contributed by atoms with Crippen LogP contribution in [0.5, 0.6) is 0 Å². The van der Waals surface area contributed by atoms with Crippen LogP contribution in [-0.4, -0.2) is 30.4 Å². The van der Waals surface area contributed by atoms with Gasteiger partial charge >= 0.3 is 0 Å². The third kappa shape index (κ3) is 3.56. The van der Waals surface area contributed by atoms with E-state index in [4.69, 9.17) is 0 Å². The van der Waals surface area contributed by atoms with Crippen molar-refractivity contribution in [1.82, 2.24) is 15.1 Å². The summed E-state index contributed by atoms with van der Waals surface area (Å²) in [7, 11) is -1.49. The molecule has 6 nitrogen and oxygen atoms in total. The van der Waals surface area contributed by atoms with Gasteiger partial charge in [0.2, 0.25) is 0 Å². The quantitative estimate of drug-likeness (QED) is 0.873. The number of carbonyl (C=O) groups excluding carboxylic acids is 1. The molecule has 0 radical (unpaired) electrons. The molecule has 2 aromatic rings. The first-order chi connectivity index (χ1) is 10.2. The van der Waals surface area contributed by atoms with Gasteiger partial charge in [-0.05, 0) is 40.5 Å². The van der Waals surface area contributed by atoms with Crippen LogP contribution >= 0.6 is 15.9 Å². The Bertz CT molecular complexity index is 797. The minimum absolute atomic E-state index is 0.250. The van der Waals surface area contributed by atoms with Gasteiger partial charge in [-0.2, -0.15) is 5.10 Å². The number of aryl methyl sites for hydroxylation is 1. The highest BCUT2D eigenvalue weighted by Gasteiger charge is 2.17. The average Bonchev–Trinajstić information content (AvgIpc) is 2.78. The first-order valence-corrected chi connectivity index (χ1v) is 9.17. The topological polar surface area (TPSA) is 81.1 Å². The van der Waals surface area contributed by atoms with Crippen LogP contribution in [0.3, 0.4) is 0 Å². The Morgan fingerprint density at radius 3 is 2.36 bits per heavy atom. The molecule has 0 saturated heterocycles. The monoisotopic (exact) mass is 385 g/mol. The predicted octanol–water partition coefficient (Wildman–Crippen LogP) is 2.08. The molecule has 1 heterocycles.